The van der Waals surface area contributed by atoms with Crippen LogP contribution in [0.15, 0.2) is 57.9 Å². The second-order valence-corrected chi connectivity index (χ2v) is 9.18. The molecule has 1 aliphatic heterocycles. The molecule has 146 valence electrons. The van der Waals surface area contributed by atoms with Gasteiger partial charge in [0.2, 0.25) is 21.7 Å². The van der Waals surface area contributed by atoms with E-state index in [2.05, 4.69) is 10.1 Å². The Morgan fingerprint density at radius 3 is 2.32 bits per heavy atom. The van der Waals surface area contributed by atoms with Gasteiger partial charge in [0, 0.05) is 23.7 Å². The Hall–Kier alpha value is -2.22. The summed E-state index contributed by atoms with van der Waals surface area (Å²) in [5.41, 5.74) is 1.73. The van der Waals surface area contributed by atoms with E-state index in [1.807, 2.05) is 24.3 Å². The number of aromatic nitrogens is 2. The second kappa shape index (κ2) is 8.03. The average molecular weight is 418 g/mol. The first-order valence-electron chi connectivity index (χ1n) is 9.20. The van der Waals surface area contributed by atoms with Gasteiger partial charge in [-0.05, 0) is 54.8 Å². The lowest BCUT2D eigenvalue weighted by molar-refractivity contribution is 0.346. The predicted octanol–water partition coefficient (Wildman–Crippen LogP) is 4.16. The van der Waals surface area contributed by atoms with Crippen LogP contribution >= 0.6 is 11.6 Å². The summed E-state index contributed by atoms with van der Waals surface area (Å²) >= 11 is 5.90. The largest absolute Gasteiger partial charge is 0.339 e. The van der Waals surface area contributed by atoms with E-state index >= 15 is 0 Å². The topological polar surface area (TPSA) is 76.3 Å². The van der Waals surface area contributed by atoms with E-state index in [1.54, 1.807) is 28.6 Å². The van der Waals surface area contributed by atoms with Crippen LogP contribution in [0.3, 0.4) is 0 Å². The Morgan fingerprint density at radius 1 is 0.964 bits per heavy atom. The van der Waals surface area contributed by atoms with Gasteiger partial charge in [0.25, 0.3) is 0 Å². The number of hydrogen-bond donors (Lipinski definition) is 0. The smallest absolute Gasteiger partial charge is 0.243 e. The van der Waals surface area contributed by atoms with Crippen LogP contribution in [-0.4, -0.2) is 36.0 Å². The highest BCUT2D eigenvalue weighted by Crippen LogP contribution is 2.24. The molecule has 0 N–H and O–H groups in total. The van der Waals surface area contributed by atoms with Crippen molar-refractivity contribution in [3.05, 3.63) is 65.0 Å². The maximum absolute atomic E-state index is 12.7. The van der Waals surface area contributed by atoms with Gasteiger partial charge in [0.15, 0.2) is 0 Å². The molecule has 0 atom stereocenters. The fraction of sp³-hybridized carbons (Fsp3) is 0.300. The first kappa shape index (κ1) is 19.1. The zero-order chi connectivity index (χ0) is 19.6. The molecule has 0 bridgehead atoms. The molecule has 1 aromatic heterocycles. The quantitative estimate of drug-likeness (QED) is 0.623. The predicted molar refractivity (Wildman–Crippen MR) is 107 cm³/mol. The Labute approximate surface area is 169 Å². The Bertz CT molecular complexity index is 1040. The molecule has 1 fully saturated rings. The van der Waals surface area contributed by atoms with Crippen LogP contribution in [0.2, 0.25) is 5.02 Å². The summed E-state index contributed by atoms with van der Waals surface area (Å²) < 4.78 is 32.4. The summed E-state index contributed by atoms with van der Waals surface area (Å²) in [6, 6.07) is 14.1. The standard InChI is InChI=1S/C20H20ClN3O3S/c21-17-8-4-15(5-9-17)14-19-22-20(23-27-19)16-6-10-18(11-7-16)28(25,26)24-12-2-1-3-13-24/h4-11H,1-3,12-14H2. The summed E-state index contributed by atoms with van der Waals surface area (Å²) in [6.45, 7) is 1.17. The van der Waals surface area contributed by atoms with Crippen LogP contribution in [0.1, 0.15) is 30.7 Å². The molecular formula is C20H20ClN3O3S. The molecular weight excluding hydrogens is 398 g/mol. The molecule has 0 aliphatic carbocycles. The molecule has 28 heavy (non-hydrogen) atoms. The SMILES string of the molecule is O=S(=O)(c1ccc(-c2noc(Cc3ccc(Cl)cc3)n2)cc1)N1CCCCC1. The highest BCUT2D eigenvalue weighted by molar-refractivity contribution is 7.89. The molecule has 1 aliphatic rings. The zero-order valence-corrected chi connectivity index (χ0v) is 16.8. The first-order valence-corrected chi connectivity index (χ1v) is 11.0. The van der Waals surface area contributed by atoms with Crippen molar-refractivity contribution >= 4 is 21.6 Å². The van der Waals surface area contributed by atoms with Crippen molar-refractivity contribution < 1.29 is 12.9 Å². The molecule has 3 aromatic rings. The fourth-order valence-electron chi connectivity index (χ4n) is 3.25. The number of rotatable bonds is 5. The van der Waals surface area contributed by atoms with E-state index in [1.165, 1.54) is 0 Å². The van der Waals surface area contributed by atoms with Crippen molar-refractivity contribution in [3.63, 3.8) is 0 Å². The first-order chi connectivity index (χ1) is 13.5. The van der Waals surface area contributed by atoms with Crippen molar-refractivity contribution in [3.8, 4) is 11.4 Å². The molecule has 8 heteroatoms. The number of hydrogen-bond acceptors (Lipinski definition) is 5. The van der Waals surface area contributed by atoms with Crippen LogP contribution in [0.5, 0.6) is 0 Å². The van der Waals surface area contributed by atoms with E-state index in [-0.39, 0.29) is 0 Å². The van der Waals surface area contributed by atoms with Gasteiger partial charge < -0.3 is 4.52 Å². The van der Waals surface area contributed by atoms with Crippen LogP contribution in [0, 0.1) is 0 Å². The number of halogens is 1. The third-order valence-corrected chi connectivity index (χ3v) is 6.97. The highest BCUT2D eigenvalue weighted by atomic mass is 35.5. The second-order valence-electron chi connectivity index (χ2n) is 6.80. The molecule has 4 rings (SSSR count). The number of sulfonamides is 1. The maximum atomic E-state index is 12.7. The third kappa shape index (κ3) is 4.11. The molecule has 0 amide bonds. The lowest BCUT2D eigenvalue weighted by Gasteiger charge is -2.25. The van der Waals surface area contributed by atoms with Crippen molar-refractivity contribution in [2.75, 3.05) is 13.1 Å². The van der Waals surface area contributed by atoms with Gasteiger partial charge in [-0.2, -0.15) is 9.29 Å². The molecule has 0 unspecified atom stereocenters. The summed E-state index contributed by atoms with van der Waals surface area (Å²) in [5.74, 6) is 0.924. The molecule has 0 saturated carbocycles. The molecule has 2 heterocycles. The van der Waals surface area contributed by atoms with E-state index in [9.17, 15) is 8.42 Å². The normalized spacial score (nSPS) is 15.6. The van der Waals surface area contributed by atoms with Gasteiger partial charge >= 0.3 is 0 Å². The molecule has 0 spiro atoms. The summed E-state index contributed by atoms with van der Waals surface area (Å²) in [4.78, 5) is 4.70. The lowest BCUT2D eigenvalue weighted by Crippen LogP contribution is -2.35. The lowest BCUT2D eigenvalue weighted by atomic mass is 10.1. The van der Waals surface area contributed by atoms with Gasteiger partial charge in [0.1, 0.15) is 0 Å². The average Bonchev–Trinajstić information content (AvgIpc) is 3.19. The van der Waals surface area contributed by atoms with E-state index in [0.29, 0.717) is 46.7 Å². The molecule has 6 nitrogen and oxygen atoms in total. The van der Waals surface area contributed by atoms with Crippen LogP contribution in [0.25, 0.3) is 11.4 Å². The Kier molecular flexibility index (Phi) is 5.48. The van der Waals surface area contributed by atoms with Gasteiger partial charge in [-0.15, -0.1) is 0 Å². The Morgan fingerprint density at radius 2 is 1.64 bits per heavy atom. The van der Waals surface area contributed by atoms with Crippen molar-refractivity contribution in [2.24, 2.45) is 0 Å². The maximum Gasteiger partial charge on any atom is 0.243 e. The van der Waals surface area contributed by atoms with Gasteiger partial charge in [-0.25, -0.2) is 8.42 Å². The number of piperidine rings is 1. The van der Waals surface area contributed by atoms with E-state index in [0.717, 1.165) is 24.8 Å². The Balaban J connectivity index is 1.49. The fourth-order valence-corrected chi connectivity index (χ4v) is 4.89. The number of benzene rings is 2. The van der Waals surface area contributed by atoms with Crippen molar-refractivity contribution in [1.29, 1.82) is 0 Å². The van der Waals surface area contributed by atoms with E-state index < -0.39 is 10.0 Å². The third-order valence-electron chi connectivity index (χ3n) is 4.80. The monoisotopic (exact) mass is 417 g/mol. The zero-order valence-electron chi connectivity index (χ0n) is 15.2. The van der Waals surface area contributed by atoms with Crippen LogP contribution < -0.4 is 0 Å². The van der Waals surface area contributed by atoms with Crippen molar-refractivity contribution in [2.45, 2.75) is 30.6 Å². The van der Waals surface area contributed by atoms with Gasteiger partial charge in [-0.3, -0.25) is 0 Å². The molecule has 0 radical (unpaired) electrons. The molecule has 1 saturated heterocycles. The molecule has 2 aromatic carbocycles. The van der Waals surface area contributed by atoms with Gasteiger partial charge in [-0.1, -0.05) is 35.3 Å². The van der Waals surface area contributed by atoms with Crippen LogP contribution in [0.4, 0.5) is 0 Å². The van der Waals surface area contributed by atoms with Crippen LogP contribution in [-0.2, 0) is 16.4 Å². The minimum atomic E-state index is -3.44. The van der Waals surface area contributed by atoms with Crippen molar-refractivity contribution in [1.82, 2.24) is 14.4 Å². The minimum Gasteiger partial charge on any atom is -0.339 e. The number of nitrogens with zero attached hydrogens (tertiary/aromatic N) is 3. The summed E-state index contributed by atoms with van der Waals surface area (Å²) in [6.07, 6.45) is 3.42. The highest BCUT2D eigenvalue weighted by Gasteiger charge is 2.25. The minimum absolute atomic E-state index is 0.294. The van der Waals surface area contributed by atoms with Gasteiger partial charge in [0.05, 0.1) is 11.3 Å². The summed E-state index contributed by atoms with van der Waals surface area (Å²) in [5, 5.41) is 4.69. The summed E-state index contributed by atoms with van der Waals surface area (Å²) in [7, 11) is -3.44. The van der Waals surface area contributed by atoms with E-state index in [4.69, 9.17) is 16.1 Å².